The molecule has 0 radical (unpaired) electrons. The fraction of sp³-hybridized carbons (Fsp3) is 0.500. The van der Waals surface area contributed by atoms with Crippen molar-refractivity contribution in [2.75, 3.05) is 39.3 Å². The lowest BCUT2D eigenvalue weighted by Gasteiger charge is -2.22. The van der Waals surface area contributed by atoms with Crippen molar-refractivity contribution < 1.29 is 14.0 Å². The predicted octanol–water partition coefficient (Wildman–Crippen LogP) is -0.522. The number of ketones is 2. The summed E-state index contributed by atoms with van der Waals surface area (Å²) in [5.41, 5.74) is 0.675. The molecule has 0 unspecified atom stereocenters. The summed E-state index contributed by atoms with van der Waals surface area (Å²) in [6.07, 6.45) is 0. The highest BCUT2D eigenvalue weighted by Crippen LogP contribution is 2.37. The Labute approximate surface area is 103 Å². The lowest BCUT2D eigenvalue weighted by Crippen LogP contribution is -2.32. The van der Waals surface area contributed by atoms with Crippen molar-refractivity contribution >= 4 is 11.6 Å². The first kappa shape index (κ1) is 10.1. The molecule has 5 nitrogen and oxygen atoms in total. The zero-order valence-corrected chi connectivity index (χ0v) is 9.78. The largest absolute Gasteiger partial charge is 0.363 e. The van der Waals surface area contributed by atoms with Crippen LogP contribution < -0.4 is 0 Å². The summed E-state index contributed by atoms with van der Waals surface area (Å²) in [5, 5.41) is 0. The Morgan fingerprint density at radius 3 is 1.50 bits per heavy atom. The zero-order valence-electron chi connectivity index (χ0n) is 9.78. The molecule has 3 aliphatic heterocycles. The van der Waals surface area contributed by atoms with E-state index >= 15 is 0 Å². The maximum absolute atomic E-state index is 14.1. The molecule has 0 aromatic heterocycles. The molecule has 0 atom stereocenters. The van der Waals surface area contributed by atoms with Gasteiger partial charge >= 0.3 is 0 Å². The van der Waals surface area contributed by atoms with Gasteiger partial charge in [0.2, 0.25) is 11.6 Å². The second-order valence-electron chi connectivity index (χ2n) is 4.98. The maximum Gasteiger partial charge on any atom is 0.241 e. The molecule has 18 heavy (non-hydrogen) atoms. The van der Waals surface area contributed by atoms with Crippen LogP contribution in [0.3, 0.4) is 0 Å². The molecule has 3 heterocycles. The van der Waals surface area contributed by atoms with Crippen LogP contribution in [0.15, 0.2) is 22.9 Å². The van der Waals surface area contributed by atoms with Crippen molar-refractivity contribution in [3.63, 3.8) is 0 Å². The summed E-state index contributed by atoms with van der Waals surface area (Å²) >= 11 is 0. The lowest BCUT2D eigenvalue weighted by molar-refractivity contribution is -0.119. The van der Waals surface area contributed by atoms with E-state index in [0.717, 1.165) is 26.2 Å². The summed E-state index contributed by atoms with van der Waals surface area (Å²) in [5.74, 6) is -1.80. The molecule has 3 fully saturated rings. The van der Waals surface area contributed by atoms with Crippen LogP contribution in [-0.2, 0) is 9.59 Å². The van der Waals surface area contributed by atoms with E-state index in [2.05, 4.69) is 0 Å². The molecule has 0 bridgehead atoms. The topological polar surface area (TPSA) is 43.2 Å². The predicted molar refractivity (Wildman–Crippen MR) is 59.9 cm³/mol. The van der Waals surface area contributed by atoms with Gasteiger partial charge in [-0.05, 0) is 0 Å². The first-order chi connectivity index (χ1) is 8.68. The highest BCUT2D eigenvalue weighted by molar-refractivity contribution is 6.24. The Balaban J connectivity index is 1.83. The van der Waals surface area contributed by atoms with Gasteiger partial charge in [-0.25, -0.2) is 4.39 Å². The molecule has 0 aromatic rings. The number of hydrogen-bond acceptors (Lipinski definition) is 5. The fourth-order valence-electron chi connectivity index (χ4n) is 2.33. The minimum atomic E-state index is -0.870. The van der Waals surface area contributed by atoms with E-state index in [-0.39, 0.29) is 17.2 Å². The van der Waals surface area contributed by atoms with Gasteiger partial charge in [-0.1, -0.05) is 0 Å². The van der Waals surface area contributed by atoms with E-state index in [0.29, 0.717) is 18.8 Å². The normalized spacial score (nSPS) is 26.4. The molecule has 6 heteroatoms. The first-order valence-electron chi connectivity index (χ1n) is 6.17. The highest BCUT2D eigenvalue weighted by atomic mass is 19.1. The minimum absolute atomic E-state index is 0.0208. The molecule has 0 saturated carbocycles. The molecular weight excluding hydrogens is 237 g/mol. The van der Waals surface area contributed by atoms with Crippen molar-refractivity contribution in [2.24, 2.45) is 0 Å². The molecule has 4 rings (SSSR count). The van der Waals surface area contributed by atoms with Crippen molar-refractivity contribution in [1.82, 2.24) is 14.7 Å². The Hall–Kier alpha value is -1.85. The molecule has 0 N–H and O–H groups in total. The average molecular weight is 249 g/mol. The summed E-state index contributed by atoms with van der Waals surface area (Å²) in [6.45, 7) is 4.35. The first-order valence-corrected chi connectivity index (χ1v) is 6.17. The van der Waals surface area contributed by atoms with E-state index in [1.165, 1.54) is 0 Å². The van der Waals surface area contributed by atoms with Gasteiger partial charge in [0, 0.05) is 39.3 Å². The highest BCUT2D eigenvalue weighted by Gasteiger charge is 2.47. The minimum Gasteiger partial charge on any atom is -0.363 e. The number of carbonyl (C=O) groups is 2. The molecule has 4 aliphatic rings. The maximum atomic E-state index is 14.1. The van der Waals surface area contributed by atoms with Crippen molar-refractivity contribution in [3.05, 3.63) is 22.9 Å². The standard InChI is InChI=1S/C12H12FN3O2/c13-7-8(14-1-2-14)12(18)10(16-5-6-16)9(11(7)17)15-3-4-15/h1-6H2. The van der Waals surface area contributed by atoms with E-state index in [1.807, 2.05) is 4.90 Å². The SMILES string of the molecule is O=C1C(F)=C(N2CC2)C(=O)C(N2CC2)=C1N1CC1. The molecule has 0 aromatic carbocycles. The third kappa shape index (κ3) is 1.31. The molecule has 0 spiro atoms. The van der Waals surface area contributed by atoms with Gasteiger partial charge in [0.25, 0.3) is 0 Å². The third-order valence-electron chi connectivity index (χ3n) is 3.57. The van der Waals surface area contributed by atoms with Crippen molar-refractivity contribution in [2.45, 2.75) is 0 Å². The Morgan fingerprint density at radius 1 is 0.667 bits per heavy atom. The number of nitrogens with zero attached hydrogens (tertiary/aromatic N) is 3. The van der Waals surface area contributed by atoms with Crippen LogP contribution in [0.5, 0.6) is 0 Å². The molecule has 0 amide bonds. The van der Waals surface area contributed by atoms with Gasteiger partial charge in [0.1, 0.15) is 17.1 Å². The monoisotopic (exact) mass is 249 g/mol. The van der Waals surface area contributed by atoms with Crippen molar-refractivity contribution in [3.8, 4) is 0 Å². The van der Waals surface area contributed by atoms with Crippen LogP contribution in [-0.4, -0.2) is 65.5 Å². The Bertz CT molecular complexity index is 540. The van der Waals surface area contributed by atoms with E-state index in [1.54, 1.807) is 9.80 Å². The summed E-state index contributed by atoms with van der Waals surface area (Å²) in [6, 6.07) is 0. The molecule has 94 valence electrons. The number of carbonyl (C=O) groups excluding carboxylic acids is 2. The van der Waals surface area contributed by atoms with Crippen LogP contribution in [0.2, 0.25) is 0 Å². The second kappa shape index (κ2) is 3.13. The van der Waals surface area contributed by atoms with Gasteiger partial charge in [-0.3, -0.25) is 9.59 Å². The third-order valence-corrected chi connectivity index (χ3v) is 3.57. The molecule has 1 aliphatic carbocycles. The molecule has 3 saturated heterocycles. The smallest absolute Gasteiger partial charge is 0.241 e. The number of halogens is 1. The number of hydrogen-bond donors (Lipinski definition) is 0. The van der Waals surface area contributed by atoms with Crippen LogP contribution in [0.4, 0.5) is 4.39 Å². The van der Waals surface area contributed by atoms with Gasteiger partial charge in [-0.15, -0.1) is 0 Å². The fourth-order valence-corrected chi connectivity index (χ4v) is 2.33. The zero-order chi connectivity index (χ0) is 12.4. The van der Waals surface area contributed by atoms with Crippen LogP contribution in [0.25, 0.3) is 0 Å². The summed E-state index contributed by atoms with van der Waals surface area (Å²) in [7, 11) is 0. The van der Waals surface area contributed by atoms with Crippen molar-refractivity contribution in [1.29, 1.82) is 0 Å². The summed E-state index contributed by atoms with van der Waals surface area (Å²) < 4.78 is 14.1. The van der Waals surface area contributed by atoms with Crippen LogP contribution in [0.1, 0.15) is 0 Å². The van der Waals surface area contributed by atoms with Gasteiger partial charge in [0.15, 0.2) is 5.83 Å². The average Bonchev–Trinajstić information content (AvgIpc) is 3.16. The van der Waals surface area contributed by atoms with Gasteiger partial charge < -0.3 is 14.7 Å². The number of rotatable bonds is 3. The van der Waals surface area contributed by atoms with E-state index in [9.17, 15) is 14.0 Å². The lowest BCUT2D eigenvalue weighted by atomic mass is 10.0. The molecular formula is C12H12FN3O2. The van der Waals surface area contributed by atoms with Gasteiger partial charge in [0.05, 0.1) is 0 Å². The summed E-state index contributed by atoms with van der Waals surface area (Å²) in [4.78, 5) is 29.7. The Morgan fingerprint density at radius 2 is 1.06 bits per heavy atom. The van der Waals surface area contributed by atoms with Crippen LogP contribution >= 0.6 is 0 Å². The Kier molecular flexibility index (Phi) is 1.76. The second-order valence-corrected chi connectivity index (χ2v) is 4.98. The van der Waals surface area contributed by atoms with Crippen LogP contribution in [0, 0.1) is 0 Å². The van der Waals surface area contributed by atoms with Gasteiger partial charge in [-0.2, -0.15) is 0 Å². The quantitative estimate of drug-likeness (QED) is 0.497. The number of allylic oxidation sites excluding steroid dienone is 1. The van der Waals surface area contributed by atoms with E-state index < -0.39 is 11.6 Å². The number of Topliss-reactive ketones (excluding diaryl/α,β-unsaturated/α-hetero) is 2. The van der Waals surface area contributed by atoms with E-state index in [4.69, 9.17) is 0 Å².